The van der Waals surface area contributed by atoms with E-state index >= 15 is 0 Å². The number of carbonyl (C=O) groups excluding carboxylic acids is 1. The second-order valence-electron chi connectivity index (χ2n) is 9.17. The third kappa shape index (κ3) is 5.14. The van der Waals surface area contributed by atoms with E-state index in [0.29, 0.717) is 18.0 Å². The number of aliphatic carboxylic acids is 1. The first-order valence-electron chi connectivity index (χ1n) is 11.9. The van der Waals surface area contributed by atoms with Gasteiger partial charge in [0.2, 0.25) is 0 Å². The number of carbonyl (C=O) groups is 2. The maximum Gasteiger partial charge on any atom is 0.330 e. The molecule has 1 unspecified atom stereocenters. The Morgan fingerprint density at radius 1 is 1.09 bits per heavy atom. The van der Waals surface area contributed by atoms with Gasteiger partial charge in [-0.25, -0.2) is 4.79 Å². The van der Waals surface area contributed by atoms with Crippen molar-refractivity contribution >= 4 is 23.2 Å². The van der Waals surface area contributed by atoms with Crippen LogP contribution in [0.5, 0.6) is 0 Å². The first kappa shape index (κ1) is 22.8. The molecule has 0 aromatic carbocycles. The summed E-state index contributed by atoms with van der Waals surface area (Å²) in [5, 5.41) is 15.7. The van der Waals surface area contributed by atoms with Crippen molar-refractivity contribution in [1.82, 2.24) is 9.88 Å². The quantitative estimate of drug-likeness (QED) is 0.659. The number of pyridine rings is 1. The van der Waals surface area contributed by atoms with Crippen LogP contribution < -0.4 is 10.9 Å². The number of nitrogens with one attached hydrogen (secondary N) is 1. The van der Waals surface area contributed by atoms with E-state index in [9.17, 15) is 19.5 Å². The number of aromatic nitrogens is 1. The number of nitrogens with zero attached hydrogens (tertiary/aromatic N) is 1. The molecule has 2 N–H and O–H groups in total. The summed E-state index contributed by atoms with van der Waals surface area (Å²) in [5.74, 6) is -1.27. The molecule has 2 aromatic heterocycles. The number of amides is 1. The van der Waals surface area contributed by atoms with Crippen molar-refractivity contribution in [1.29, 1.82) is 0 Å². The first-order valence-corrected chi connectivity index (χ1v) is 12.8. The monoisotopic (exact) mass is 456 g/mol. The van der Waals surface area contributed by atoms with Gasteiger partial charge in [-0.1, -0.05) is 32.1 Å². The maximum atomic E-state index is 13.5. The number of thiophene rings is 1. The van der Waals surface area contributed by atoms with Crippen molar-refractivity contribution < 1.29 is 14.7 Å². The Kier molecular flexibility index (Phi) is 7.45. The standard InChI is InChI=1S/C25H32N2O4S/c28-23(26-22(25(30)31)19-12-13-32-16-19)20-14-18-10-6-1-2-7-11-21(18)27(24(20)29)15-17-8-4-3-5-9-17/h12-14,16-17,22H,1-11,15H2,(H,26,28)(H,30,31). The summed E-state index contributed by atoms with van der Waals surface area (Å²) in [6, 6.07) is 2.26. The molecule has 0 spiro atoms. The molecule has 0 bridgehead atoms. The molecule has 2 aliphatic rings. The Bertz CT molecular complexity index is 1010. The summed E-state index contributed by atoms with van der Waals surface area (Å²) in [4.78, 5) is 38.5. The lowest BCUT2D eigenvalue weighted by molar-refractivity contribution is -0.139. The minimum absolute atomic E-state index is 0.0709. The second-order valence-corrected chi connectivity index (χ2v) is 9.95. The van der Waals surface area contributed by atoms with Gasteiger partial charge in [-0.3, -0.25) is 9.59 Å². The van der Waals surface area contributed by atoms with Gasteiger partial charge in [0, 0.05) is 12.2 Å². The molecule has 32 heavy (non-hydrogen) atoms. The van der Waals surface area contributed by atoms with Gasteiger partial charge in [-0.15, -0.1) is 0 Å². The topological polar surface area (TPSA) is 88.4 Å². The second kappa shape index (κ2) is 10.5. The molecule has 1 saturated carbocycles. The van der Waals surface area contributed by atoms with E-state index in [1.54, 1.807) is 22.9 Å². The van der Waals surface area contributed by atoms with Crippen molar-refractivity contribution in [3.63, 3.8) is 0 Å². The summed E-state index contributed by atoms with van der Waals surface area (Å²) in [5.41, 5.74) is 2.48. The van der Waals surface area contributed by atoms with E-state index in [-0.39, 0.29) is 11.1 Å². The van der Waals surface area contributed by atoms with Gasteiger partial charge in [-0.2, -0.15) is 11.3 Å². The smallest absolute Gasteiger partial charge is 0.330 e. The minimum atomic E-state index is -1.16. The molecule has 2 aromatic rings. The summed E-state index contributed by atoms with van der Waals surface area (Å²) >= 11 is 1.38. The number of hydrogen-bond acceptors (Lipinski definition) is 4. The molecule has 7 heteroatoms. The van der Waals surface area contributed by atoms with Crippen LogP contribution in [0, 0.1) is 5.92 Å². The summed E-state index contributed by atoms with van der Waals surface area (Å²) in [7, 11) is 0. The van der Waals surface area contributed by atoms with E-state index in [1.165, 1.54) is 37.0 Å². The molecule has 4 rings (SSSR count). The maximum absolute atomic E-state index is 13.5. The Balaban J connectivity index is 1.70. The Labute approximate surface area is 192 Å². The van der Waals surface area contributed by atoms with Gasteiger partial charge in [0.25, 0.3) is 11.5 Å². The molecule has 0 aliphatic heterocycles. The average molecular weight is 457 g/mol. The minimum Gasteiger partial charge on any atom is -0.479 e. The number of aryl methyl sites for hydroxylation is 1. The van der Waals surface area contributed by atoms with E-state index in [1.807, 2.05) is 4.57 Å². The third-order valence-corrected chi connectivity index (χ3v) is 7.61. The molecule has 1 atom stereocenters. The van der Waals surface area contributed by atoms with Gasteiger partial charge in [0.05, 0.1) is 0 Å². The van der Waals surface area contributed by atoms with Crippen LogP contribution in [0.3, 0.4) is 0 Å². The van der Waals surface area contributed by atoms with Crippen LogP contribution >= 0.6 is 11.3 Å². The highest BCUT2D eigenvalue weighted by Crippen LogP contribution is 2.27. The molecule has 2 aliphatic carbocycles. The van der Waals surface area contributed by atoms with Crippen LogP contribution in [0.4, 0.5) is 0 Å². The molecule has 0 saturated heterocycles. The highest BCUT2D eigenvalue weighted by atomic mass is 32.1. The number of hydrogen-bond donors (Lipinski definition) is 2. The molecular weight excluding hydrogens is 424 g/mol. The normalized spacial score (nSPS) is 18.2. The van der Waals surface area contributed by atoms with Gasteiger partial charge >= 0.3 is 5.97 Å². The van der Waals surface area contributed by atoms with Crippen LogP contribution in [0.2, 0.25) is 0 Å². The fourth-order valence-corrected chi connectivity index (χ4v) is 5.84. The van der Waals surface area contributed by atoms with Crippen molar-refractivity contribution in [3.05, 3.63) is 55.6 Å². The summed E-state index contributed by atoms with van der Waals surface area (Å²) < 4.78 is 1.87. The number of rotatable bonds is 6. The zero-order valence-corrected chi connectivity index (χ0v) is 19.3. The van der Waals surface area contributed by atoms with Gasteiger partial charge < -0.3 is 15.0 Å². The van der Waals surface area contributed by atoms with Gasteiger partial charge in [0.15, 0.2) is 6.04 Å². The fraction of sp³-hybridized carbons (Fsp3) is 0.560. The zero-order chi connectivity index (χ0) is 22.5. The molecule has 1 fully saturated rings. The van der Waals surface area contributed by atoms with Crippen LogP contribution in [0.1, 0.15) is 91.0 Å². The number of carboxylic acid groups (broad SMARTS) is 1. The fourth-order valence-electron chi connectivity index (χ4n) is 5.15. The van der Waals surface area contributed by atoms with E-state index < -0.39 is 17.9 Å². The zero-order valence-electron chi connectivity index (χ0n) is 18.5. The van der Waals surface area contributed by atoms with Crippen LogP contribution in [0.25, 0.3) is 0 Å². The van der Waals surface area contributed by atoms with Gasteiger partial charge in [-0.05, 0) is 78.5 Å². The van der Waals surface area contributed by atoms with Gasteiger partial charge in [0.1, 0.15) is 5.56 Å². The molecule has 0 radical (unpaired) electrons. The Morgan fingerprint density at radius 3 is 2.50 bits per heavy atom. The largest absolute Gasteiger partial charge is 0.479 e. The van der Waals surface area contributed by atoms with E-state index in [4.69, 9.17) is 0 Å². The van der Waals surface area contributed by atoms with Crippen LogP contribution in [-0.2, 0) is 24.2 Å². The van der Waals surface area contributed by atoms with Crippen LogP contribution in [-0.4, -0.2) is 21.6 Å². The SMILES string of the molecule is O=C(NC(C(=O)O)c1ccsc1)c1cc2c(n(CC3CCCCC3)c1=O)CCCCCC2. The van der Waals surface area contributed by atoms with Crippen molar-refractivity contribution in [2.24, 2.45) is 5.92 Å². The summed E-state index contributed by atoms with van der Waals surface area (Å²) in [6.45, 7) is 0.662. The predicted molar refractivity (Wildman–Crippen MR) is 125 cm³/mol. The lowest BCUT2D eigenvalue weighted by Crippen LogP contribution is -2.39. The number of fused-ring (bicyclic) bond motifs is 1. The van der Waals surface area contributed by atoms with Crippen molar-refractivity contribution in [2.45, 2.75) is 83.2 Å². The molecule has 6 nitrogen and oxygen atoms in total. The predicted octanol–water partition coefficient (Wildman–Crippen LogP) is 4.70. The van der Waals surface area contributed by atoms with Crippen LogP contribution in [0.15, 0.2) is 27.7 Å². The highest BCUT2D eigenvalue weighted by Gasteiger charge is 2.27. The Hall–Kier alpha value is -2.41. The number of carboxylic acids is 1. The average Bonchev–Trinajstić information content (AvgIpc) is 3.29. The molecule has 2 heterocycles. The molecular formula is C25H32N2O4S. The summed E-state index contributed by atoms with van der Waals surface area (Å²) in [6.07, 6.45) is 12.0. The lowest BCUT2D eigenvalue weighted by Gasteiger charge is -2.27. The van der Waals surface area contributed by atoms with E-state index in [2.05, 4.69) is 5.32 Å². The highest BCUT2D eigenvalue weighted by molar-refractivity contribution is 7.08. The third-order valence-electron chi connectivity index (χ3n) is 6.91. The Morgan fingerprint density at radius 2 is 1.81 bits per heavy atom. The molecule has 1 amide bonds. The lowest BCUT2D eigenvalue weighted by atomic mass is 9.88. The van der Waals surface area contributed by atoms with E-state index in [0.717, 1.165) is 56.2 Å². The first-order chi connectivity index (χ1) is 15.5. The van der Waals surface area contributed by atoms with Crippen molar-refractivity contribution in [2.75, 3.05) is 0 Å². The van der Waals surface area contributed by atoms with Crippen molar-refractivity contribution in [3.8, 4) is 0 Å². The molecule has 172 valence electrons.